The standard InChI is InChI=1S/C15H19N3O2/c1-10(14-9-18(3)17-11(14)2)16-15(19)12-5-7-13(20-4)8-6-12/h5-10H,1-4H3,(H,16,19). The van der Waals surface area contributed by atoms with Crippen molar-refractivity contribution in [3.8, 4) is 5.75 Å². The predicted molar refractivity (Wildman–Crippen MR) is 76.8 cm³/mol. The molecule has 1 aromatic carbocycles. The molecule has 1 atom stereocenters. The highest BCUT2D eigenvalue weighted by Gasteiger charge is 2.15. The highest BCUT2D eigenvalue weighted by Crippen LogP contribution is 2.17. The molecule has 0 aliphatic heterocycles. The van der Waals surface area contributed by atoms with E-state index in [9.17, 15) is 4.79 Å². The van der Waals surface area contributed by atoms with Gasteiger partial charge < -0.3 is 10.1 Å². The number of ether oxygens (including phenoxy) is 1. The number of carbonyl (C=O) groups is 1. The topological polar surface area (TPSA) is 56.1 Å². The fourth-order valence-corrected chi connectivity index (χ4v) is 2.14. The molecule has 0 aliphatic carbocycles. The highest BCUT2D eigenvalue weighted by atomic mass is 16.5. The molecule has 1 amide bonds. The third-order valence-electron chi connectivity index (χ3n) is 3.22. The first-order valence-corrected chi connectivity index (χ1v) is 6.46. The number of nitrogens with zero attached hydrogens (tertiary/aromatic N) is 2. The number of nitrogens with one attached hydrogen (secondary N) is 1. The number of benzene rings is 1. The number of hydrogen-bond donors (Lipinski definition) is 1. The zero-order valence-corrected chi connectivity index (χ0v) is 12.2. The zero-order chi connectivity index (χ0) is 14.7. The smallest absolute Gasteiger partial charge is 0.251 e. The summed E-state index contributed by atoms with van der Waals surface area (Å²) in [5, 5.41) is 7.25. The lowest BCUT2D eigenvalue weighted by molar-refractivity contribution is 0.0940. The summed E-state index contributed by atoms with van der Waals surface area (Å²) in [6, 6.07) is 6.95. The minimum absolute atomic E-state index is 0.0849. The first-order valence-electron chi connectivity index (χ1n) is 6.46. The summed E-state index contributed by atoms with van der Waals surface area (Å²) in [6.45, 7) is 3.89. The zero-order valence-electron chi connectivity index (χ0n) is 12.2. The van der Waals surface area contributed by atoms with Crippen LogP contribution in [0.25, 0.3) is 0 Å². The second-order valence-corrected chi connectivity index (χ2v) is 4.77. The molecule has 1 heterocycles. The molecule has 1 aromatic heterocycles. The summed E-state index contributed by atoms with van der Waals surface area (Å²) in [7, 11) is 3.47. The molecule has 2 rings (SSSR count). The molecule has 0 bridgehead atoms. The third-order valence-corrected chi connectivity index (χ3v) is 3.22. The summed E-state index contributed by atoms with van der Waals surface area (Å²) >= 11 is 0. The normalized spacial score (nSPS) is 12.0. The van der Waals surface area contributed by atoms with Crippen LogP contribution in [0, 0.1) is 6.92 Å². The molecule has 5 nitrogen and oxygen atoms in total. The van der Waals surface area contributed by atoms with Crippen LogP contribution in [-0.2, 0) is 7.05 Å². The van der Waals surface area contributed by atoms with E-state index in [2.05, 4.69) is 10.4 Å². The lowest BCUT2D eigenvalue weighted by Gasteiger charge is -2.13. The Morgan fingerprint density at radius 3 is 2.50 bits per heavy atom. The molecule has 5 heteroatoms. The maximum atomic E-state index is 12.2. The van der Waals surface area contributed by atoms with Crippen LogP contribution in [0.5, 0.6) is 5.75 Å². The van der Waals surface area contributed by atoms with E-state index in [0.29, 0.717) is 5.56 Å². The van der Waals surface area contributed by atoms with Crippen molar-refractivity contribution < 1.29 is 9.53 Å². The van der Waals surface area contributed by atoms with Crippen molar-refractivity contribution in [2.45, 2.75) is 19.9 Å². The van der Waals surface area contributed by atoms with Gasteiger partial charge in [-0.1, -0.05) is 0 Å². The fourth-order valence-electron chi connectivity index (χ4n) is 2.14. The van der Waals surface area contributed by atoms with Crippen LogP contribution in [0.4, 0.5) is 0 Å². The Hall–Kier alpha value is -2.30. The number of hydrogen-bond acceptors (Lipinski definition) is 3. The molecule has 106 valence electrons. The maximum Gasteiger partial charge on any atom is 0.251 e. The van der Waals surface area contributed by atoms with Crippen LogP contribution < -0.4 is 10.1 Å². The largest absolute Gasteiger partial charge is 0.497 e. The monoisotopic (exact) mass is 273 g/mol. The molecule has 1 N–H and O–H groups in total. The molecule has 0 fully saturated rings. The van der Waals surface area contributed by atoms with E-state index in [1.54, 1.807) is 36.1 Å². The van der Waals surface area contributed by atoms with Gasteiger partial charge in [0.1, 0.15) is 5.75 Å². The van der Waals surface area contributed by atoms with E-state index in [0.717, 1.165) is 17.0 Å². The van der Waals surface area contributed by atoms with E-state index in [1.165, 1.54) is 0 Å². The molecule has 20 heavy (non-hydrogen) atoms. The van der Waals surface area contributed by atoms with E-state index in [4.69, 9.17) is 4.74 Å². The minimum Gasteiger partial charge on any atom is -0.497 e. The van der Waals surface area contributed by atoms with Crippen molar-refractivity contribution in [3.63, 3.8) is 0 Å². The average Bonchev–Trinajstić information content (AvgIpc) is 2.78. The summed E-state index contributed by atoms with van der Waals surface area (Å²) < 4.78 is 6.83. The molecule has 0 saturated heterocycles. The Labute approximate surface area is 118 Å². The predicted octanol–water partition coefficient (Wildman–Crippen LogP) is 2.23. The van der Waals surface area contributed by atoms with Gasteiger partial charge in [-0.3, -0.25) is 9.48 Å². The van der Waals surface area contributed by atoms with Gasteiger partial charge in [-0.25, -0.2) is 0 Å². The van der Waals surface area contributed by atoms with Crippen molar-refractivity contribution >= 4 is 5.91 Å². The maximum absolute atomic E-state index is 12.2. The van der Waals surface area contributed by atoms with Gasteiger partial charge in [0, 0.05) is 24.4 Å². The van der Waals surface area contributed by atoms with Crippen molar-refractivity contribution in [2.75, 3.05) is 7.11 Å². The van der Waals surface area contributed by atoms with Gasteiger partial charge in [0.15, 0.2) is 0 Å². The first-order chi connectivity index (χ1) is 9.51. The van der Waals surface area contributed by atoms with Crippen molar-refractivity contribution in [1.82, 2.24) is 15.1 Å². The van der Waals surface area contributed by atoms with Crippen LogP contribution in [0.15, 0.2) is 30.5 Å². The number of rotatable bonds is 4. The van der Waals surface area contributed by atoms with Gasteiger partial charge in [0.2, 0.25) is 0 Å². The summed E-state index contributed by atoms with van der Waals surface area (Å²) in [5.41, 5.74) is 2.56. The quantitative estimate of drug-likeness (QED) is 0.929. The van der Waals surface area contributed by atoms with E-state index in [1.807, 2.05) is 27.1 Å². The lowest BCUT2D eigenvalue weighted by atomic mass is 10.1. The van der Waals surface area contributed by atoms with Crippen LogP contribution in [0.3, 0.4) is 0 Å². The number of aryl methyl sites for hydroxylation is 2. The molecule has 0 saturated carbocycles. The molecule has 2 aromatic rings. The number of carbonyl (C=O) groups excluding carboxylic acids is 1. The Kier molecular flexibility index (Phi) is 4.08. The van der Waals surface area contributed by atoms with Gasteiger partial charge in [-0.15, -0.1) is 0 Å². The SMILES string of the molecule is COc1ccc(C(=O)NC(C)c2cn(C)nc2C)cc1. The fraction of sp³-hybridized carbons (Fsp3) is 0.333. The van der Waals surface area contributed by atoms with Crippen molar-refractivity contribution in [1.29, 1.82) is 0 Å². The molecular weight excluding hydrogens is 254 g/mol. The van der Waals surface area contributed by atoms with Gasteiger partial charge in [-0.2, -0.15) is 5.10 Å². The Morgan fingerprint density at radius 2 is 2.00 bits per heavy atom. The summed E-state index contributed by atoms with van der Waals surface area (Å²) in [6.07, 6.45) is 1.92. The van der Waals surface area contributed by atoms with Gasteiger partial charge in [0.05, 0.1) is 18.8 Å². The Balaban J connectivity index is 2.08. The van der Waals surface area contributed by atoms with Crippen molar-refractivity contribution in [2.24, 2.45) is 7.05 Å². The van der Waals surface area contributed by atoms with Crippen LogP contribution >= 0.6 is 0 Å². The van der Waals surface area contributed by atoms with Gasteiger partial charge >= 0.3 is 0 Å². The highest BCUT2D eigenvalue weighted by molar-refractivity contribution is 5.94. The van der Waals surface area contributed by atoms with Crippen LogP contribution in [0.2, 0.25) is 0 Å². The van der Waals surface area contributed by atoms with E-state index >= 15 is 0 Å². The molecule has 0 radical (unpaired) electrons. The Morgan fingerprint density at radius 1 is 1.35 bits per heavy atom. The van der Waals surface area contributed by atoms with Gasteiger partial charge in [-0.05, 0) is 38.1 Å². The van der Waals surface area contributed by atoms with E-state index in [-0.39, 0.29) is 11.9 Å². The van der Waals surface area contributed by atoms with E-state index < -0.39 is 0 Å². The minimum atomic E-state index is -0.108. The summed E-state index contributed by atoms with van der Waals surface area (Å²) in [5.74, 6) is 0.626. The molecule has 1 unspecified atom stereocenters. The van der Waals surface area contributed by atoms with Gasteiger partial charge in [0.25, 0.3) is 5.91 Å². The average molecular weight is 273 g/mol. The second-order valence-electron chi connectivity index (χ2n) is 4.77. The molecule has 0 aliphatic rings. The Bertz CT molecular complexity index is 602. The number of aromatic nitrogens is 2. The second kappa shape index (κ2) is 5.77. The van der Waals surface area contributed by atoms with Crippen LogP contribution in [0.1, 0.15) is 34.6 Å². The third kappa shape index (κ3) is 2.99. The van der Waals surface area contributed by atoms with Crippen molar-refractivity contribution in [3.05, 3.63) is 47.3 Å². The molecule has 0 spiro atoms. The first kappa shape index (κ1) is 14.1. The molecular formula is C15H19N3O2. The number of amides is 1. The lowest BCUT2D eigenvalue weighted by Crippen LogP contribution is -2.26. The summed E-state index contributed by atoms with van der Waals surface area (Å²) in [4.78, 5) is 12.2. The van der Waals surface area contributed by atoms with Crippen LogP contribution in [-0.4, -0.2) is 22.8 Å². The number of methoxy groups -OCH3 is 1.